The lowest BCUT2D eigenvalue weighted by molar-refractivity contribution is -0.145. The quantitative estimate of drug-likeness (QED) is 0.713. The molecule has 0 saturated heterocycles. The van der Waals surface area contributed by atoms with Gasteiger partial charge in [-0.1, -0.05) is 12.1 Å². The number of primary sulfonamides is 1. The maximum Gasteiger partial charge on any atom is 0.485 e. The van der Waals surface area contributed by atoms with E-state index in [-0.39, 0.29) is 17.9 Å². The standard InChI is InChI=1S/C10H12F3N3O3S/c11-10(12,13)16-9(17)15-6-5-7-1-3-8(4-2-7)20(14,18)19/h1-4H,5-6H2,(H2,14,18,19)(H2,15,16,17). The first-order valence-electron chi connectivity index (χ1n) is 5.32. The first-order valence-corrected chi connectivity index (χ1v) is 6.87. The zero-order chi connectivity index (χ0) is 15.4. The summed E-state index contributed by atoms with van der Waals surface area (Å²) in [5, 5.41) is 7.71. The van der Waals surface area contributed by atoms with Crippen LogP contribution in [0.5, 0.6) is 0 Å². The van der Waals surface area contributed by atoms with Gasteiger partial charge in [-0.2, -0.15) is 13.2 Å². The number of carbonyl (C=O) groups excluding carboxylic acids is 1. The van der Waals surface area contributed by atoms with Crippen LogP contribution in [0.15, 0.2) is 29.2 Å². The van der Waals surface area contributed by atoms with Crippen LogP contribution in [0.3, 0.4) is 0 Å². The molecule has 0 spiro atoms. The molecule has 6 nitrogen and oxygen atoms in total. The molecule has 1 aromatic carbocycles. The Balaban J connectivity index is 2.45. The molecule has 2 amide bonds. The zero-order valence-electron chi connectivity index (χ0n) is 10.1. The number of benzene rings is 1. The van der Waals surface area contributed by atoms with Crippen LogP contribution in [0, 0.1) is 0 Å². The minimum atomic E-state index is -4.78. The number of sulfonamides is 1. The van der Waals surface area contributed by atoms with E-state index in [1.54, 1.807) is 0 Å². The average Bonchev–Trinajstić information content (AvgIpc) is 2.26. The van der Waals surface area contributed by atoms with E-state index < -0.39 is 22.4 Å². The molecule has 4 N–H and O–H groups in total. The molecule has 0 aliphatic heterocycles. The maximum absolute atomic E-state index is 11.8. The van der Waals surface area contributed by atoms with Crippen molar-refractivity contribution in [3.8, 4) is 0 Å². The normalized spacial score (nSPS) is 12.0. The van der Waals surface area contributed by atoms with Crippen LogP contribution >= 0.6 is 0 Å². The summed E-state index contributed by atoms with van der Waals surface area (Å²) in [6, 6.07) is 4.13. The highest BCUT2D eigenvalue weighted by Crippen LogP contribution is 2.10. The van der Waals surface area contributed by atoms with E-state index in [1.165, 1.54) is 24.3 Å². The van der Waals surface area contributed by atoms with E-state index in [9.17, 15) is 26.4 Å². The average molecular weight is 311 g/mol. The number of urea groups is 1. The minimum absolute atomic E-state index is 0.0311. The van der Waals surface area contributed by atoms with E-state index in [1.807, 2.05) is 5.32 Å². The van der Waals surface area contributed by atoms with E-state index in [2.05, 4.69) is 0 Å². The molecule has 1 aromatic rings. The first-order chi connectivity index (χ1) is 9.08. The third kappa shape index (κ3) is 5.89. The van der Waals surface area contributed by atoms with Crippen molar-refractivity contribution in [2.75, 3.05) is 6.54 Å². The molecular formula is C10H12F3N3O3S. The van der Waals surface area contributed by atoms with Gasteiger partial charge in [0.05, 0.1) is 4.90 Å². The summed E-state index contributed by atoms with van der Waals surface area (Å²) >= 11 is 0. The third-order valence-electron chi connectivity index (χ3n) is 2.21. The predicted octanol–water partition coefficient (Wildman–Crippen LogP) is 0.695. The van der Waals surface area contributed by atoms with Crippen molar-refractivity contribution >= 4 is 16.1 Å². The summed E-state index contributed by atoms with van der Waals surface area (Å²) in [6.07, 6.45) is -4.53. The van der Waals surface area contributed by atoms with Crippen LogP contribution in [-0.4, -0.2) is 27.3 Å². The van der Waals surface area contributed by atoms with E-state index in [0.29, 0.717) is 5.56 Å². The third-order valence-corrected chi connectivity index (χ3v) is 3.14. The Morgan fingerprint density at radius 2 is 1.75 bits per heavy atom. The number of amides is 2. The van der Waals surface area contributed by atoms with Gasteiger partial charge in [0.15, 0.2) is 0 Å². The first kappa shape index (κ1) is 16.2. The van der Waals surface area contributed by atoms with Gasteiger partial charge in [-0.05, 0) is 24.1 Å². The van der Waals surface area contributed by atoms with Crippen molar-refractivity contribution in [2.45, 2.75) is 17.6 Å². The topological polar surface area (TPSA) is 101 Å². The number of halogens is 3. The summed E-state index contributed by atoms with van der Waals surface area (Å²) < 4.78 is 57.3. The molecule has 0 radical (unpaired) electrons. The number of nitrogens with two attached hydrogens (primary N) is 1. The molecule has 112 valence electrons. The van der Waals surface area contributed by atoms with E-state index in [0.717, 1.165) is 5.32 Å². The lowest BCUT2D eigenvalue weighted by Gasteiger charge is -2.10. The Hall–Kier alpha value is -1.81. The Morgan fingerprint density at radius 3 is 2.20 bits per heavy atom. The molecule has 0 atom stereocenters. The summed E-state index contributed by atoms with van der Waals surface area (Å²) in [5.41, 5.74) is 0.643. The Labute approximate surface area is 113 Å². The molecule has 0 saturated carbocycles. The van der Waals surface area contributed by atoms with Crippen LogP contribution in [0.25, 0.3) is 0 Å². The minimum Gasteiger partial charge on any atom is -0.338 e. The van der Waals surface area contributed by atoms with Crippen molar-refractivity contribution in [1.82, 2.24) is 10.6 Å². The second-order valence-corrected chi connectivity index (χ2v) is 5.38. The predicted molar refractivity (Wildman–Crippen MR) is 64.1 cm³/mol. The van der Waals surface area contributed by atoms with E-state index in [4.69, 9.17) is 5.14 Å². The fourth-order valence-corrected chi connectivity index (χ4v) is 1.85. The second kappa shape index (κ2) is 6.09. The van der Waals surface area contributed by atoms with Crippen LogP contribution < -0.4 is 15.8 Å². The molecule has 0 aliphatic rings. The number of alkyl halides is 3. The van der Waals surface area contributed by atoms with Gasteiger partial charge in [-0.25, -0.2) is 23.7 Å². The van der Waals surface area contributed by atoms with Gasteiger partial charge < -0.3 is 5.32 Å². The van der Waals surface area contributed by atoms with Gasteiger partial charge in [0.25, 0.3) is 0 Å². The summed E-state index contributed by atoms with van der Waals surface area (Å²) in [5.74, 6) is 0. The van der Waals surface area contributed by atoms with Crippen LogP contribution in [0.1, 0.15) is 5.56 Å². The molecule has 0 aliphatic carbocycles. The number of rotatable bonds is 4. The molecule has 0 bridgehead atoms. The fourth-order valence-electron chi connectivity index (χ4n) is 1.34. The van der Waals surface area contributed by atoms with Gasteiger partial charge in [0, 0.05) is 6.54 Å². The molecular weight excluding hydrogens is 299 g/mol. The Bertz CT molecular complexity index is 570. The smallest absolute Gasteiger partial charge is 0.338 e. The van der Waals surface area contributed by atoms with Crippen molar-refractivity contribution < 1.29 is 26.4 Å². The SMILES string of the molecule is NS(=O)(=O)c1ccc(CCNC(=O)NC(F)(F)F)cc1. The fraction of sp³-hybridized carbons (Fsp3) is 0.300. The lowest BCUT2D eigenvalue weighted by atomic mass is 10.1. The zero-order valence-corrected chi connectivity index (χ0v) is 10.9. The Kier molecular flexibility index (Phi) is 4.95. The summed E-state index contributed by atoms with van der Waals surface area (Å²) in [6.45, 7) is -0.0311. The molecule has 10 heteroatoms. The van der Waals surface area contributed by atoms with Crippen molar-refractivity contribution in [3.05, 3.63) is 29.8 Å². The van der Waals surface area contributed by atoms with Crippen LogP contribution in [-0.2, 0) is 16.4 Å². The van der Waals surface area contributed by atoms with Crippen molar-refractivity contribution in [1.29, 1.82) is 0 Å². The molecule has 0 aromatic heterocycles. The van der Waals surface area contributed by atoms with Crippen LogP contribution in [0.2, 0.25) is 0 Å². The van der Waals surface area contributed by atoms with E-state index >= 15 is 0 Å². The number of hydrogen-bond donors (Lipinski definition) is 3. The molecule has 0 unspecified atom stereocenters. The number of carbonyl (C=O) groups is 1. The molecule has 0 fully saturated rings. The Morgan fingerprint density at radius 1 is 1.20 bits per heavy atom. The molecule has 20 heavy (non-hydrogen) atoms. The van der Waals surface area contributed by atoms with Gasteiger partial charge in [-0.3, -0.25) is 0 Å². The monoisotopic (exact) mass is 311 g/mol. The summed E-state index contributed by atoms with van der Waals surface area (Å²) in [7, 11) is -3.78. The van der Waals surface area contributed by atoms with Crippen molar-refractivity contribution in [2.24, 2.45) is 5.14 Å². The molecule has 1 rings (SSSR count). The van der Waals surface area contributed by atoms with Crippen LogP contribution in [0.4, 0.5) is 18.0 Å². The highest BCUT2D eigenvalue weighted by Gasteiger charge is 2.29. The highest BCUT2D eigenvalue weighted by atomic mass is 32.2. The van der Waals surface area contributed by atoms with Gasteiger partial charge in [0.1, 0.15) is 0 Å². The van der Waals surface area contributed by atoms with Gasteiger partial charge in [0.2, 0.25) is 10.0 Å². The molecule has 0 heterocycles. The van der Waals surface area contributed by atoms with Gasteiger partial charge >= 0.3 is 12.3 Å². The lowest BCUT2D eigenvalue weighted by Crippen LogP contribution is -2.44. The number of hydrogen-bond acceptors (Lipinski definition) is 3. The highest BCUT2D eigenvalue weighted by molar-refractivity contribution is 7.89. The van der Waals surface area contributed by atoms with Crippen molar-refractivity contribution in [3.63, 3.8) is 0 Å². The number of nitrogens with one attached hydrogen (secondary N) is 2. The maximum atomic E-state index is 11.8. The summed E-state index contributed by atoms with van der Waals surface area (Å²) in [4.78, 5) is 10.7. The largest absolute Gasteiger partial charge is 0.485 e. The second-order valence-electron chi connectivity index (χ2n) is 3.82. The van der Waals surface area contributed by atoms with Gasteiger partial charge in [-0.15, -0.1) is 0 Å².